The van der Waals surface area contributed by atoms with E-state index in [2.05, 4.69) is 20.6 Å². The highest BCUT2D eigenvalue weighted by molar-refractivity contribution is 7.86. The lowest BCUT2D eigenvalue weighted by Crippen LogP contribution is -2.57. The molecule has 2 fully saturated rings. The van der Waals surface area contributed by atoms with E-state index in [0.29, 0.717) is 44.3 Å². The van der Waals surface area contributed by atoms with Crippen molar-refractivity contribution in [2.45, 2.75) is 50.5 Å². The van der Waals surface area contributed by atoms with Crippen molar-refractivity contribution in [3.05, 3.63) is 47.3 Å². The van der Waals surface area contributed by atoms with Gasteiger partial charge in [0.25, 0.3) is 10.1 Å². The quantitative estimate of drug-likeness (QED) is 0.244. The predicted molar refractivity (Wildman–Crippen MR) is 150 cm³/mol. The Hall–Kier alpha value is -3.67. The molecule has 0 radical (unpaired) electrons. The number of piperidine rings is 1. The van der Waals surface area contributed by atoms with E-state index < -0.39 is 57.5 Å². The van der Waals surface area contributed by atoms with Gasteiger partial charge in [-0.15, -0.1) is 0 Å². The van der Waals surface area contributed by atoms with Crippen LogP contribution in [0, 0.1) is 5.92 Å². The van der Waals surface area contributed by atoms with Crippen molar-refractivity contribution in [1.82, 2.24) is 20.6 Å². The molecular formula is C27H32F6N6O5S. The second-order valence-electron chi connectivity index (χ2n) is 10.9. The smallest absolute Gasteiger partial charge is 0.356 e. The maximum absolute atomic E-state index is 13.8. The summed E-state index contributed by atoms with van der Waals surface area (Å²) >= 11 is 0. The first-order chi connectivity index (χ1) is 21.0. The van der Waals surface area contributed by atoms with Crippen molar-refractivity contribution in [1.29, 1.82) is 0 Å². The summed E-state index contributed by atoms with van der Waals surface area (Å²) in [5, 5.41) is 5.11. The number of rotatable bonds is 11. The van der Waals surface area contributed by atoms with Gasteiger partial charge in [-0.3, -0.25) is 14.1 Å². The van der Waals surface area contributed by atoms with E-state index in [9.17, 15) is 44.3 Å². The molecule has 18 heteroatoms. The highest BCUT2D eigenvalue weighted by Crippen LogP contribution is 2.34. The van der Waals surface area contributed by atoms with Gasteiger partial charge in [0.05, 0.1) is 5.56 Å². The Morgan fingerprint density at radius 2 is 1.53 bits per heavy atom. The molecule has 2 amide bonds. The summed E-state index contributed by atoms with van der Waals surface area (Å²) in [6, 6.07) is 5.18. The maximum Gasteiger partial charge on any atom is 0.451 e. The van der Waals surface area contributed by atoms with Crippen LogP contribution in [0.15, 0.2) is 30.3 Å². The minimum Gasteiger partial charge on any atom is -0.356 e. The highest BCUT2D eigenvalue weighted by atomic mass is 32.2. The zero-order valence-electron chi connectivity index (χ0n) is 23.9. The normalized spacial score (nSPS) is 18.0. The molecule has 1 aromatic heterocycles. The molecule has 4 rings (SSSR count). The average molecular weight is 667 g/mol. The van der Waals surface area contributed by atoms with Crippen molar-refractivity contribution >= 4 is 33.6 Å². The number of amides is 2. The van der Waals surface area contributed by atoms with Crippen molar-refractivity contribution < 1.29 is 48.9 Å². The Labute approximate surface area is 255 Å². The molecule has 2 aliphatic heterocycles. The molecule has 1 unspecified atom stereocenters. The first-order valence-electron chi connectivity index (χ1n) is 14.1. The van der Waals surface area contributed by atoms with Gasteiger partial charge in [-0.2, -0.15) is 34.8 Å². The van der Waals surface area contributed by atoms with Crippen LogP contribution in [0.3, 0.4) is 0 Å². The molecular weight excluding hydrogens is 634 g/mol. The third-order valence-corrected chi connectivity index (χ3v) is 8.32. The van der Waals surface area contributed by atoms with Gasteiger partial charge in [0.1, 0.15) is 17.7 Å². The van der Waals surface area contributed by atoms with Gasteiger partial charge >= 0.3 is 12.4 Å². The van der Waals surface area contributed by atoms with E-state index in [-0.39, 0.29) is 43.6 Å². The monoisotopic (exact) mass is 666 g/mol. The number of benzene rings is 1. The molecule has 3 N–H and O–H groups in total. The number of carbonyl (C=O) groups excluding carboxylic acids is 2. The molecule has 1 aromatic carbocycles. The molecule has 248 valence electrons. The Morgan fingerprint density at radius 3 is 2.09 bits per heavy atom. The molecule has 2 saturated heterocycles. The summed E-state index contributed by atoms with van der Waals surface area (Å²) in [6.45, 7) is 1.32. The second kappa shape index (κ2) is 13.8. The van der Waals surface area contributed by atoms with E-state index in [4.69, 9.17) is 4.55 Å². The van der Waals surface area contributed by atoms with E-state index in [0.717, 1.165) is 12.1 Å². The lowest BCUT2D eigenvalue weighted by atomic mass is 9.93. The van der Waals surface area contributed by atoms with Gasteiger partial charge in [0.2, 0.25) is 17.6 Å². The van der Waals surface area contributed by atoms with Crippen LogP contribution in [0.5, 0.6) is 0 Å². The number of nitrogens with zero attached hydrogens (tertiary/aromatic N) is 4. The van der Waals surface area contributed by atoms with Crippen molar-refractivity contribution in [3.63, 3.8) is 0 Å². The van der Waals surface area contributed by atoms with E-state index in [1.54, 1.807) is 4.90 Å². The first-order valence-corrected chi connectivity index (χ1v) is 15.7. The number of carbonyl (C=O) groups is 2. The molecule has 0 saturated carbocycles. The molecule has 2 aliphatic rings. The third kappa shape index (κ3) is 9.66. The number of alkyl halides is 6. The zero-order valence-corrected chi connectivity index (χ0v) is 24.7. The zero-order chi connectivity index (χ0) is 33.0. The minimum absolute atomic E-state index is 0.0508. The van der Waals surface area contributed by atoms with Crippen molar-refractivity contribution in [3.8, 4) is 0 Å². The molecule has 45 heavy (non-hydrogen) atoms. The maximum atomic E-state index is 13.8. The molecule has 0 spiro atoms. The van der Waals surface area contributed by atoms with Crippen LogP contribution < -0.4 is 20.4 Å². The predicted octanol–water partition coefficient (Wildman–Crippen LogP) is 3.06. The van der Waals surface area contributed by atoms with Gasteiger partial charge in [-0.1, -0.05) is 12.1 Å². The van der Waals surface area contributed by atoms with Crippen LogP contribution in [-0.2, 0) is 38.5 Å². The second-order valence-corrected chi connectivity index (χ2v) is 12.4. The van der Waals surface area contributed by atoms with Crippen LogP contribution in [0.25, 0.3) is 0 Å². The third-order valence-electron chi connectivity index (χ3n) is 7.69. The van der Waals surface area contributed by atoms with Crippen molar-refractivity contribution in [2.24, 2.45) is 5.92 Å². The lowest BCUT2D eigenvalue weighted by Gasteiger charge is -2.41. The summed E-state index contributed by atoms with van der Waals surface area (Å²) in [7, 11) is -4.43. The fourth-order valence-electron chi connectivity index (χ4n) is 5.18. The Kier molecular flexibility index (Phi) is 10.5. The summed E-state index contributed by atoms with van der Waals surface area (Å²) in [6.07, 6.45) is -7.00. The Morgan fingerprint density at radius 1 is 0.889 bits per heavy atom. The van der Waals surface area contributed by atoms with Crippen LogP contribution in [-0.4, -0.2) is 79.3 Å². The summed E-state index contributed by atoms with van der Waals surface area (Å²) in [5.74, 6) is -3.53. The number of halogens is 6. The standard InChI is InChI=1S/C27H32F6N6O5S/c28-26(29,30)19-3-1-17(2-4-19)6-11-35-24(41)20-9-14-39(20)22-15-21(36-25(37-22)27(31,32)33)38-12-7-18(8-13-38)5-10-34-23(40)16-45(42,43)44/h1-4,15,18,20H,5-14,16H2,(H,34,40)(H,35,41)(H,42,43,44). The molecule has 2 aromatic rings. The van der Waals surface area contributed by atoms with Crippen LogP contribution >= 0.6 is 0 Å². The largest absolute Gasteiger partial charge is 0.451 e. The first kappa shape index (κ1) is 34.2. The van der Waals surface area contributed by atoms with Gasteiger partial charge in [-0.25, -0.2) is 9.97 Å². The summed E-state index contributed by atoms with van der Waals surface area (Å²) in [5.41, 5.74) is -0.205. The summed E-state index contributed by atoms with van der Waals surface area (Å²) < 4.78 is 110. The highest BCUT2D eigenvalue weighted by Gasteiger charge is 2.40. The summed E-state index contributed by atoms with van der Waals surface area (Å²) in [4.78, 5) is 35.0. The fourth-order valence-corrected chi connectivity index (χ4v) is 5.62. The molecule has 0 aliphatic carbocycles. The van der Waals surface area contributed by atoms with Crippen LogP contribution in [0.2, 0.25) is 0 Å². The van der Waals surface area contributed by atoms with Gasteiger partial charge in [-0.05, 0) is 55.7 Å². The lowest BCUT2D eigenvalue weighted by molar-refractivity contribution is -0.144. The van der Waals surface area contributed by atoms with Gasteiger partial charge < -0.3 is 20.4 Å². The van der Waals surface area contributed by atoms with Gasteiger partial charge in [0, 0.05) is 38.8 Å². The van der Waals surface area contributed by atoms with E-state index >= 15 is 0 Å². The number of hydrogen-bond acceptors (Lipinski definition) is 8. The Bertz CT molecular complexity index is 1460. The topological polar surface area (TPSA) is 145 Å². The number of hydrogen-bond donors (Lipinski definition) is 3. The molecule has 1 atom stereocenters. The fraction of sp³-hybridized carbons (Fsp3) is 0.556. The Balaban J connectivity index is 1.33. The van der Waals surface area contributed by atoms with Crippen molar-refractivity contribution in [2.75, 3.05) is 48.3 Å². The van der Waals surface area contributed by atoms with E-state index in [1.807, 2.05) is 0 Å². The number of aromatic nitrogens is 2. The van der Waals surface area contributed by atoms with Crippen LogP contribution in [0.1, 0.15) is 42.6 Å². The number of nitrogens with one attached hydrogen (secondary N) is 2. The average Bonchev–Trinajstić information content (AvgIpc) is 2.91. The molecule has 11 nitrogen and oxygen atoms in total. The minimum atomic E-state index is -4.84. The van der Waals surface area contributed by atoms with E-state index in [1.165, 1.54) is 23.1 Å². The van der Waals surface area contributed by atoms with Crippen LogP contribution in [0.4, 0.5) is 38.0 Å². The molecule has 3 heterocycles. The number of anilines is 2. The SMILES string of the molecule is O=C(CS(=O)(=O)O)NCCC1CCN(c2cc(N3CCC3C(=O)NCCc3ccc(C(F)(F)F)cc3)nc(C(F)(F)F)n2)CC1. The van der Waals surface area contributed by atoms with Gasteiger partial charge in [0.15, 0.2) is 5.75 Å². The molecule has 0 bridgehead atoms.